The van der Waals surface area contributed by atoms with E-state index in [1.807, 2.05) is 18.2 Å². The number of hydrogen-bond acceptors (Lipinski definition) is 3. The average Bonchev–Trinajstić information content (AvgIpc) is 3.00. The minimum absolute atomic E-state index is 0.0424. The smallest absolute Gasteiger partial charge is 0.213 e. The Morgan fingerprint density at radius 1 is 1.33 bits per heavy atom. The van der Waals surface area contributed by atoms with E-state index in [1.54, 1.807) is 13.2 Å². The third kappa shape index (κ3) is 4.84. The maximum atomic E-state index is 5.79. The van der Waals surface area contributed by atoms with Crippen molar-refractivity contribution in [2.24, 2.45) is 4.99 Å². The predicted octanol–water partition coefficient (Wildman–Crippen LogP) is 4.16. The quantitative estimate of drug-likeness (QED) is 0.605. The highest BCUT2D eigenvalue weighted by atomic mass is 79.9. The first-order valence-corrected chi connectivity index (χ1v) is 8.77. The van der Waals surface area contributed by atoms with Crippen molar-refractivity contribution in [1.82, 2.24) is 15.6 Å². The molecule has 0 saturated carbocycles. The molecule has 0 aliphatic heterocycles. The molecule has 1 atom stereocenters. The Bertz CT molecular complexity index is 703. The maximum absolute atomic E-state index is 5.79. The van der Waals surface area contributed by atoms with Gasteiger partial charge in [0.15, 0.2) is 5.96 Å². The van der Waals surface area contributed by atoms with E-state index in [-0.39, 0.29) is 11.5 Å². The van der Waals surface area contributed by atoms with Crippen LogP contribution in [0.1, 0.15) is 51.0 Å². The minimum atomic E-state index is -0.0424. The lowest BCUT2D eigenvalue weighted by molar-refractivity contribution is 0.379. The van der Waals surface area contributed by atoms with Crippen molar-refractivity contribution in [2.45, 2.75) is 45.7 Å². The van der Waals surface area contributed by atoms with Crippen molar-refractivity contribution in [3.05, 3.63) is 52.1 Å². The molecule has 2 N–H and O–H groups in total. The highest BCUT2D eigenvalue weighted by molar-refractivity contribution is 9.10. The largest absolute Gasteiger partial charge is 0.443 e. The number of benzene rings is 1. The minimum Gasteiger partial charge on any atom is -0.443 e. The second kappa shape index (κ2) is 7.83. The molecule has 0 aliphatic carbocycles. The van der Waals surface area contributed by atoms with Crippen LogP contribution >= 0.6 is 15.9 Å². The van der Waals surface area contributed by atoms with Crippen LogP contribution in [0.25, 0.3) is 0 Å². The summed E-state index contributed by atoms with van der Waals surface area (Å²) >= 11 is 3.58. The zero-order valence-electron chi connectivity index (χ0n) is 14.9. The maximum Gasteiger partial charge on any atom is 0.213 e. The molecule has 24 heavy (non-hydrogen) atoms. The second-order valence-corrected chi connectivity index (χ2v) is 7.54. The molecule has 0 fully saturated rings. The zero-order valence-corrected chi connectivity index (χ0v) is 16.4. The molecular formula is C18H25BrN4O. The Kier molecular flexibility index (Phi) is 6.04. The summed E-state index contributed by atoms with van der Waals surface area (Å²) < 4.78 is 6.86. The predicted molar refractivity (Wildman–Crippen MR) is 101 cm³/mol. The van der Waals surface area contributed by atoms with E-state index in [1.165, 1.54) is 5.56 Å². The Hall–Kier alpha value is -1.82. The van der Waals surface area contributed by atoms with Crippen LogP contribution in [0.3, 0.4) is 0 Å². The summed E-state index contributed by atoms with van der Waals surface area (Å²) in [4.78, 5) is 8.58. The summed E-state index contributed by atoms with van der Waals surface area (Å²) in [6.45, 7) is 8.88. The Morgan fingerprint density at radius 2 is 2.04 bits per heavy atom. The van der Waals surface area contributed by atoms with Crippen molar-refractivity contribution in [1.29, 1.82) is 0 Å². The van der Waals surface area contributed by atoms with Gasteiger partial charge in [-0.25, -0.2) is 4.98 Å². The molecule has 1 aromatic heterocycles. The normalized spacial score (nSPS) is 13.7. The van der Waals surface area contributed by atoms with Gasteiger partial charge in [0.2, 0.25) is 5.89 Å². The summed E-state index contributed by atoms with van der Waals surface area (Å²) in [7, 11) is 1.75. The molecule has 0 spiro atoms. The second-order valence-electron chi connectivity index (χ2n) is 6.68. The molecule has 1 unspecified atom stereocenters. The molecule has 2 rings (SSSR count). The van der Waals surface area contributed by atoms with Gasteiger partial charge in [0.25, 0.3) is 0 Å². The van der Waals surface area contributed by atoms with Gasteiger partial charge in [-0.05, 0) is 18.6 Å². The van der Waals surface area contributed by atoms with Gasteiger partial charge in [0.05, 0.1) is 18.8 Å². The van der Waals surface area contributed by atoms with Crippen LogP contribution in [0.2, 0.25) is 0 Å². The van der Waals surface area contributed by atoms with Gasteiger partial charge in [-0.1, -0.05) is 54.9 Å². The summed E-state index contributed by atoms with van der Waals surface area (Å²) in [5.74, 6) is 2.23. The number of rotatable bonds is 4. The molecule has 0 bridgehead atoms. The number of aliphatic imine (C=N–C) groups is 1. The Balaban J connectivity index is 1.96. The molecule has 0 radical (unpaired) electrons. The molecular weight excluding hydrogens is 368 g/mol. The lowest BCUT2D eigenvalue weighted by Crippen LogP contribution is -2.38. The van der Waals surface area contributed by atoms with E-state index < -0.39 is 0 Å². The zero-order chi connectivity index (χ0) is 17.7. The third-order valence-electron chi connectivity index (χ3n) is 3.65. The topological polar surface area (TPSA) is 62.5 Å². The highest BCUT2D eigenvalue weighted by Gasteiger charge is 2.19. The summed E-state index contributed by atoms with van der Waals surface area (Å²) in [6, 6.07) is 8.25. The van der Waals surface area contributed by atoms with Crippen LogP contribution in [-0.2, 0) is 12.0 Å². The first kappa shape index (κ1) is 18.5. The van der Waals surface area contributed by atoms with Gasteiger partial charge in [-0.3, -0.25) is 4.99 Å². The molecule has 5 nitrogen and oxygen atoms in total. The fourth-order valence-corrected chi connectivity index (χ4v) is 2.83. The van der Waals surface area contributed by atoms with Crippen LogP contribution in [0.5, 0.6) is 0 Å². The van der Waals surface area contributed by atoms with Crippen LogP contribution < -0.4 is 10.6 Å². The first-order valence-electron chi connectivity index (χ1n) is 7.98. The molecule has 0 amide bonds. The molecule has 0 saturated heterocycles. The first-order chi connectivity index (χ1) is 11.3. The number of halogens is 1. The Morgan fingerprint density at radius 3 is 2.62 bits per heavy atom. The van der Waals surface area contributed by atoms with E-state index in [0.29, 0.717) is 18.4 Å². The number of nitrogens with zero attached hydrogens (tertiary/aromatic N) is 2. The molecule has 6 heteroatoms. The van der Waals surface area contributed by atoms with Gasteiger partial charge in [0.1, 0.15) is 5.76 Å². The summed E-state index contributed by atoms with van der Waals surface area (Å²) in [5.41, 5.74) is 1.13. The standard InChI is InChI=1S/C18H25BrN4O/c1-12(13-8-6-7-9-14(13)19)23-17(20-5)22-11-16-21-10-15(24-16)18(2,3)4/h6-10,12H,11H2,1-5H3,(H2,20,22,23). The van der Waals surface area contributed by atoms with Crippen molar-refractivity contribution in [3.8, 4) is 0 Å². The third-order valence-corrected chi connectivity index (χ3v) is 4.37. The van der Waals surface area contributed by atoms with E-state index in [9.17, 15) is 0 Å². The lowest BCUT2D eigenvalue weighted by Gasteiger charge is -2.19. The van der Waals surface area contributed by atoms with Crippen molar-refractivity contribution >= 4 is 21.9 Å². The van der Waals surface area contributed by atoms with E-state index in [4.69, 9.17) is 4.42 Å². The van der Waals surface area contributed by atoms with Crippen LogP contribution in [0.4, 0.5) is 0 Å². The summed E-state index contributed by atoms with van der Waals surface area (Å²) in [6.07, 6.45) is 1.79. The van der Waals surface area contributed by atoms with E-state index in [0.717, 1.165) is 10.2 Å². The monoisotopic (exact) mass is 392 g/mol. The number of nitrogens with one attached hydrogen (secondary N) is 2. The van der Waals surface area contributed by atoms with Crippen LogP contribution in [0, 0.1) is 0 Å². The van der Waals surface area contributed by atoms with Gasteiger partial charge in [0, 0.05) is 16.9 Å². The number of aromatic nitrogens is 1. The summed E-state index contributed by atoms with van der Waals surface area (Å²) in [5, 5.41) is 6.61. The molecule has 1 heterocycles. The molecule has 130 valence electrons. The van der Waals surface area contributed by atoms with Crippen molar-refractivity contribution < 1.29 is 4.42 Å². The Labute approximate surface area is 152 Å². The highest BCUT2D eigenvalue weighted by Crippen LogP contribution is 2.23. The van der Waals surface area contributed by atoms with Crippen molar-refractivity contribution in [2.75, 3.05) is 7.05 Å². The van der Waals surface area contributed by atoms with E-state index >= 15 is 0 Å². The average molecular weight is 393 g/mol. The van der Waals surface area contributed by atoms with Gasteiger partial charge >= 0.3 is 0 Å². The molecule has 2 aromatic rings. The van der Waals surface area contributed by atoms with Crippen LogP contribution in [-0.4, -0.2) is 18.0 Å². The fourth-order valence-electron chi connectivity index (χ4n) is 2.20. The van der Waals surface area contributed by atoms with Gasteiger partial charge in [-0.15, -0.1) is 0 Å². The fraction of sp³-hybridized carbons (Fsp3) is 0.444. The number of oxazole rings is 1. The number of hydrogen-bond donors (Lipinski definition) is 2. The van der Waals surface area contributed by atoms with Crippen LogP contribution in [0.15, 0.2) is 44.3 Å². The molecule has 1 aromatic carbocycles. The van der Waals surface area contributed by atoms with Crippen molar-refractivity contribution in [3.63, 3.8) is 0 Å². The number of guanidine groups is 1. The molecule has 0 aliphatic rings. The van der Waals surface area contributed by atoms with Gasteiger partial charge in [-0.2, -0.15) is 0 Å². The SMILES string of the molecule is CN=C(NCc1ncc(C(C)(C)C)o1)NC(C)c1ccccc1Br. The van der Waals surface area contributed by atoms with E-state index in [2.05, 4.69) is 70.3 Å². The lowest BCUT2D eigenvalue weighted by atomic mass is 9.94. The van der Waals surface area contributed by atoms with Gasteiger partial charge < -0.3 is 15.1 Å².